The summed E-state index contributed by atoms with van der Waals surface area (Å²) in [5.41, 5.74) is 1.59. The Morgan fingerprint density at radius 2 is 1.82 bits per heavy atom. The molecule has 3 aliphatic heterocycles. The average Bonchev–Trinajstić information content (AvgIpc) is 3.42. The molecule has 3 N–H and O–H groups in total. The summed E-state index contributed by atoms with van der Waals surface area (Å²) in [4.78, 5) is 57.8. The van der Waals surface area contributed by atoms with Gasteiger partial charge < -0.3 is 30.3 Å². The van der Waals surface area contributed by atoms with Crippen LogP contribution in [0, 0.1) is 5.92 Å². The van der Waals surface area contributed by atoms with E-state index in [0.29, 0.717) is 17.9 Å². The van der Waals surface area contributed by atoms with E-state index in [-0.39, 0.29) is 30.7 Å². The van der Waals surface area contributed by atoms with Gasteiger partial charge in [-0.15, -0.1) is 0 Å². The number of likely N-dealkylation sites (N-methyl/N-ethyl adjacent to an activating group) is 1. The summed E-state index contributed by atoms with van der Waals surface area (Å²) in [7, 11) is 5.12. The highest BCUT2D eigenvalue weighted by Crippen LogP contribution is 2.30. The number of methoxy groups -OCH3 is 1. The van der Waals surface area contributed by atoms with Crippen molar-refractivity contribution < 1.29 is 28.7 Å². The average molecular weight is 606 g/mol. The molecule has 11 heteroatoms. The van der Waals surface area contributed by atoms with E-state index in [9.17, 15) is 19.2 Å². The van der Waals surface area contributed by atoms with Gasteiger partial charge in [-0.1, -0.05) is 44.2 Å². The van der Waals surface area contributed by atoms with E-state index in [2.05, 4.69) is 16.0 Å². The second-order valence-electron chi connectivity index (χ2n) is 11.8. The van der Waals surface area contributed by atoms with Gasteiger partial charge in [0, 0.05) is 37.2 Å². The summed E-state index contributed by atoms with van der Waals surface area (Å²) in [6.45, 7) is 5.69. The molecule has 5 atom stereocenters. The van der Waals surface area contributed by atoms with Crippen LogP contribution in [0.25, 0.3) is 6.08 Å². The Bertz CT molecular complexity index is 1380. The van der Waals surface area contributed by atoms with E-state index in [1.807, 2.05) is 44.2 Å². The van der Waals surface area contributed by atoms with Crippen LogP contribution in [0.5, 0.6) is 11.5 Å². The van der Waals surface area contributed by atoms with Crippen LogP contribution in [0.3, 0.4) is 0 Å². The summed E-state index contributed by atoms with van der Waals surface area (Å²) in [5.74, 6) is -0.845. The SMILES string of the molecule is COc1cc2ccc1C=CNC(=O)[C@H](Cc1ccccc1)NC(=O)[C@H]1[C@@H](CCN1C(=O)[C@H](NC(=O)[C@H](C)N(C)C)C(C)C)O2. The highest BCUT2D eigenvalue weighted by molar-refractivity contribution is 5.96. The molecule has 2 aromatic carbocycles. The van der Waals surface area contributed by atoms with Crippen LogP contribution < -0.4 is 25.4 Å². The predicted octanol–water partition coefficient (Wildman–Crippen LogP) is 1.96. The van der Waals surface area contributed by atoms with Crippen molar-refractivity contribution in [1.29, 1.82) is 0 Å². The summed E-state index contributed by atoms with van der Waals surface area (Å²) in [6, 6.07) is 11.3. The summed E-state index contributed by atoms with van der Waals surface area (Å²) in [5, 5.41) is 8.58. The van der Waals surface area contributed by atoms with Crippen molar-refractivity contribution in [1.82, 2.24) is 25.8 Å². The monoisotopic (exact) mass is 605 g/mol. The molecule has 3 aliphatic rings. The topological polar surface area (TPSA) is 129 Å². The Labute approximate surface area is 258 Å². The van der Waals surface area contributed by atoms with E-state index >= 15 is 0 Å². The van der Waals surface area contributed by atoms with Crippen molar-refractivity contribution in [2.75, 3.05) is 27.7 Å². The molecule has 5 rings (SSSR count). The van der Waals surface area contributed by atoms with Crippen molar-refractivity contribution in [2.24, 2.45) is 5.92 Å². The maximum absolute atomic E-state index is 14.1. The molecule has 1 saturated heterocycles. The molecule has 1 fully saturated rings. The van der Waals surface area contributed by atoms with E-state index < -0.39 is 42.1 Å². The molecule has 11 nitrogen and oxygen atoms in total. The van der Waals surface area contributed by atoms with Crippen molar-refractivity contribution in [3.05, 3.63) is 65.9 Å². The zero-order valence-corrected chi connectivity index (χ0v) is 26.2. The van der Waals surface area contributed by atoms with Crippen LogP contribution in [0.2, 0.25) is 0 Å². The minimum Gasteiger partial charge on any atom is -0.496 e. The second kappa shape index (κ2) is 14.4. The van der Waals surface area contributed by atoms with Gasteiger partial charge in [-0.3, -0.25) is 24.1 Å². The molecular formula is C33H43N5O6. The predicted molar refractivity (Wildman–Crippen MR) is 167 cm³/mol. The lowest BCUT2D eigenvalue weighted by Gasteiger charge is -2.33. The zero-order chi connectivity index (χ0) is 32.0. The lowest BCUT2D eigenvalue weighted by atomic mass is 10.0. The van der Waals surface area contributed by atoms with E-state index in [0.717, 1.165) is 11.1 Å². The number of likely N-dealkylation sites (tertiary alicyclic amines) is 1. The van der Waals surface area contributed by atoms with Gasteiger partial charge in [0.1, 0.15) is 35.7 Å². The Hall–Kier alpha value is -4.38. The third-order valence-electron chi connectivity index (χ3n) is 8.18. The fourth-order valence-corrected chi connectivity index (χ4v) is 5.35. The third-order valence-corrected chi connectivity index (χ3v) is 8.18. The molecule has 0 saturated carbocycles. The fourth-order valence-electron chi connectivity index (χ4n) is 5.35. The number of fused-ring (bicyclic) bond motifs is 7. The number of hydrogen-bond donors (Lipinski definition) is 3. The maximum Gasteiger partial charge on any atom is 0.247 e. The van der Waals surface area contributed by atoms with Gasteiger partial charge in [-0.05, 0) is 50.7 Å². The molecule has 4 amide bonds. The number of amides is 4. The number of benzene rings is 2. The molecule has 2 bridgehead atoms. The van der Waals surface area contributed by atoms with Gasteiger partial charge in [0.25, 0.3) is 0 Å². The van der Waals surface area contributed by atoms with Crippen LogP contribution >= 0.6 is 0 Å². The van der Waals surface area contributed by atoms with Crippen molar-refractivity contribution in [3.63, 3.8) is 0 Å². The van der Waals surface area contributed by atoms with Gasteiger partial charge in [-0.2, -0.15) is 0 Å². The summed E-state index contributed by atoms with van der Waals surface area (Å²) < 4.78 is 11.9. The van der Waals surface area contributed by atoms with E-state index in [1.165, 1.54) is 18.2 Å². The molecular weight excluding hydrogens is 562 g/mol. The molecule has 0 aliphatic carbocycles. The third kappa shape index (κ3) is 7.57. The number of hydrogen-bond acceptors (Lipinski definition) is 7. The van der Waals surface area contributed by atoms with Crippen LogP contribution in [-0.4, -0.2) is 91.4 Å². The number of ether oxygens (including phenoxy) is 2. The van der Waals surface area contributed by atoms with Gasteiger partial charge in [0.2, 0.25) is 23.6 Å². The quantitative estimate of drug-likeness (QED) is 0.420. The number of rotatable bonds is 8. The van der Waals surface area contributed by atoms with Crippen LogP contribution in [0.4, 0.5) is 0 Å². The van der Waals surface area contributed by atoms with E-state index in [1.54, 1.807) is 50.2 Å². The molecule has 2 aromatic rings. The molecule has 3 heterocycles. The van der Waals surface area contributed by atoms with Gasteiger partial charge in [0.05, 0.1) is 13.2 Å². The number of carbonyl (C=O) groups is 4. The molecule has 0 unspecified atom stereocenters. The van der Waals surface area contributed by atoms with Crippen molar-refractivity contribution >= 4 is 29.7 Å². The molecule has 44 heavy (non-hydrogen) atoms. The summed E-state index contributed by atoms with van der Waals surface area (Å²) >= 11 is 0. The first-order chi connectivity index (χ1) is 21.0. The molecule has 236 valence electrons. The highest BCUT2D eigenvalue weighted by atomic mass is 16.5. The molecule has 0 radical (unpaired) electrons. The van der Waals surface area contributed by atoms with Gasteiger partial charge in [0.15, 0.2) is 0 Å². The second-order valence-corrected chi connectivity index (χ2v) is 11.8. The van der Waals surface area contributed by atoms with E-state index in [4.69, 9.17) is 9.47 Å². The standard InChI is InChI=1S/C33H43N5O6/c1-20(2)28(36-30(39)21(3)37(4)5)33(42)38-17-15-26-29(38)32(41)35-25(18-22-10-8-7-9-11-22)31(40)34-16-14-23-12-13-24(44-26)19-27(23)43-6/h7-14,16,19-21,25-26,28-29H,15,17-18H2,1-6H3,(H,34,40)(H,35,41)(H,36,39)/t21-,25-,26+,28+,29+/m0/s1. The lowest BCUT2D eigenvalue weighted by Crippen LogP contribution is -2.60. The van der Waals surface area contributed by atoms with Gasteiger partial charge in [-0.25, -0.2) is 0 Å². The molecule has 0 spiro atoms. The number of nitrogens with zero attached hydrogens (tertiary/aromatic N) is 2. The number of nitrogens with one attached hydrogen (secondary N) is 3. The highest BCUT2D eigenvalue weighted by Gasteiger charge is 2.46. The van der Waals surface area contributed by atoms with Crippen molar-refractivity contribution in [3.8, 4) is 11.5 Å². The first kappa shape index (κ1) is 32.5. The Morgan fingerprint density at radius 3 is 2.48 bits per heavy atom. The summed E-state index contributed by atoms with van der Waals surface area (Å²) in [6.07, 6.45) is 3.12. The Balaban J connectivity index is 1.71. The lowest BCUT2D eigenvalue weighted by molar-refractivity contribution is -0.144. The Kier molecular flexibility index (Phi) is 10.6. The smallest absolute Gasteiger partial charge is 0.247 e. The minimum atomic E-state index is -1.05. The first-order valence-corrected chi connectivity index (χ1v) is 14.9. The normalized spacial score (nSPS) is 21.5. The largest absolute Gasteiger partial charge is 0.496 e. The van der Waals surface area contributed by atoms with Gasteiger partial charge >= 0.3 is 0 Å². The number of carbonyl (C=O) groups excluding carboxylic acids is 4. The first-order valence-electron chi connectivity index (χ1n) is 14.9. The maximum atomic E-state index is 14.1. The van der Waals surface area contributed by atoms with Crippen molar-refractivity contribution in [2.45, 2.75) is 63.9 Å². The Morgan fingerprint density at radius 1 is 1.09 bits per heavy atom. The molecule has 0 aromatic heterocycles. The zero-order valence-electron chi connectivity index (χ0n) is 26.2. The van der Waals surface area contributed by atoms with Crippen LogP contribution in [0.15, 0.2) is 54.7 Å². The fraction of sp³-hybridized carbons (Fsp3) is 0.455. The minimum absolute atomic E-state index is 0.232. The van der Waals surface area contributed by atoms with Crippen LogP contribution in [-0.2, 0) is 25.6 Å². The van der Waals surface area contributed by atoms with Crippen LogP contribution in [0.1, 0.15) is 38.3 Å².